The number of rotatable bonds is 4. The van der Waals surface area contributed by atoms with E-state index in [1.165, 1.54) is 6.26 Å². The van der Waals surface area contributed by atoms with E-state index in [-0.39, 0.29) is 12.2 Å². The van der Waals surface area contributed by atoms with E-state index >= 15 is 0 Å². The summed E-state index contributed by atoms with van der Waals surface area (Å²) < 4.78 is 22.3. The second-order valence-electron chi connectivity index (χ2n) is 5.03. The highest BCUT2D eigenvalue weighted by atomic mass is 32.2. The largest absolute Gasteiger partial charge is 0.385 e. The predicted octanol–water partition coefficient (Wildman–Crippen LogP) is 1.95. The molecule has 0 spiro atoms. The summed E-state index contributed by atoms with van der Waals surface area (Å²) in [5.74, 6) is -0.00695. The zero-order valence-electron chi connectivity index (χ0n) is 10.8. The van der Waals surface area contributed by atoms with Crippen molar-refractivity contribution in [2.24, 2.45) is 0 Å². The molecule has 0 amide bonds. The van der Waals surface area contributed by atoms with Crippen LogP contribution in [0.3, 0.4) is 0 Å². The molecule has 3 nitrogen and oxygen atoms in total. The van der Waals surface area contributed by atoms with Gasteiger partial charge in [-0.05, 0) is 32.8 Å². The normalized spacial score (nSPS) is 15.6. The number of aryl methyl sites for hydroxylation is 2. The van der Waals surface area contributed by atoms with E-state index in [0.29, 0.717) is 0 Å². The van der Waals surface area contributed by atoms with Gasteiger partial charge in [-0.3, -0.25) is 0 Å². The molecular formula is C13H20O3S. The summed E-state index contributed by atoms with van der Waals surface area (Å²) in [6, 6.07) is 5.82. The molecule has 1 aromatic rings. The van der Waals surface area contributed by atoms with Crippen molar-refractivity contribution in [1.29, 1.82) is 0 Å². The molecule has 1 unspecified atom stereocenters. The molecule has 0 saturated heterocycles. The summed E-state index contributed by atoms with van der Waals surface area (Å²) in [6.45, 7) is 5.58. The monoisotopic (exact) mass is 256 g/mol. The number of hydrogen-bond acceptors (Lipinski definition) is 3. The molecule has 0 aliphatic carbocycles. The summed E-state index contributed by atoms with van der Waals surface area (Å²) in [5, 5.41) is 10.3. The standard InChI is InChI=1S/C13H20O3S/c1-10-7-11(2)9-12(8-10)13(3,14)5-6-17(4,15)16/h7-9,14H,5-6H2,1-4H3. The summed E-state index contributed by atoms with van der Waals surface area (Å²) in [4.78, 5) is 0. The Bertz CT molecular complexity index is 481. The predicted molar refractivity (Wildman–Crippen MR) is 69.8 cm³/mol. The van der Waals surface area contributed by atoms with E-state index in [1.54, 1.807) is 6.92 Å². The molecule has 0 radical (unpaired) electrons. The maximum atomic E-state index is 11.1. The average molecular weight is 256 g/mol. The number of benzene rings is 1. The number of hydrogen-bond donors (Lipinski definition) is 1. The van der Waals surface area contributed by atoms with Crippen LogP contribution in [0.4, 0.5) is 0 Å². The fourth-order valence-corrected chi connectivity index (χ4v) is 2.58. The summed E-state index contributed by atoms with van der Waals surface area (Å²) in [6.07, 6.45) is 1.40. The van der Waals surface area contributed by atoms with E-state index < -0.39 is 15.4 Å². The van der Waals surface area contributed by atoms with E-state index in [1.807, 2.05) is 32.0 Å². The van der Waals surface area contributed by atoms with Gasteiger partial charge in [-0.1, -0.05) is 29.3 Å². The van der Waals surface area contributed by atoms with Gasteiger partial charge in [0.05, 0.1) is 11.4 Å². The minimum absolute atomic E-state index is 0.00695. The molecule has 0 heterocycles. The molecule has 1 rings (SSSR count). The molecule has 17 heavy (non-hydrogen) atoms. The molecule has 1 atom stereocenters. The smallest absolute Gasteiger partial charge is 0.147 e. The Labute approximate surface area is 103 Å². The molecule has 4 heteroatoms. The highest BCUT2D eigenvalue weighted by molar-refractivity contribution is 7.90. The van der Waals surface area contributed by atoms with Gasteiger partial charge >= 0.3 is 0 Å². The van der Waals surface area contributed by atoms with Crippen LogP contribution >= 0.6 is 0 Å². The Kier molecular flexibility index (Phi) is 3.99. The van der Waals surface area contributed by atoms with Crippen LogP contribution in [0.25, 0.3) is 0 Å². The van der Waals surface area contributed by atoms with Gasteiger partial charge in [0.15, 0.2) is 0 Å². The van der Waals surface area contributed by atoms with Crippen molar-refractivity contribution in [3.8, 4) is 0 Å². The van der Waals surface area contributed by atoms with Crippen molar-refractivity contribution in [2.45, 2.75) is 32.8 Å². The second-order valence-corrected chi connectivity index (χ2v) is 7.29. The van der Waals surface area contributed by atoms with Crippen molar-refractivity contribution >= 4 is 9.84 Å². The Morgan fingerprint density at radius 2 is 1.65 bits per heavy atom. The van der Waals surface area contributed by atoms with Crippen LogP contribution in [0, 0.1) is 13.8 Å². The first-order valence-electron chi connectivity index (χ1n) is 5.59. The van der Waals surface area contributed by atoms with Crippen LogP contribution in [-0.4, -0.2) is 25.5 Å². The third-order valence-corrected chi connectivity index (χ3v) is 3.75. The molecule has 0 fully saturated rings. The van der Waals surface area contributed by atoms with Gasteiger partial charge in [-0.15, -0.1) is 0 Å². The first-order chi connectivity index (χ1) is 7.60. The lowest BCUT2D eigenvalue weighted by molar-refractivity contribution is 0.0538. The molecule has 0 saturated carbocycles. The van der Waals surface area contributed by atoms with Gasteiger partial charge < -0.3 is 5.11 Å². The Hall–Kier alpha value is -0.870. The molecule has 96 valence electrons. The molecule has 1 aromatic carbocycles. The van der Waals surface area contributed by atoms with Crippen molar-refractivity contribution in [3.63, 3.8) is 0 Å². The van der Waals surface area contributed by atoms with Gasteiger partial charge in [-0.2, -0.15) is 0 Å². The zero-order chi connectivity index (χ0) is 13.3. The van der Waals surface area contributed by atoms with Crippen molar-refractivity contribution in [3.05, 3.63) is 34.9 Å². The Morgan fingerprint density at radius 3 is 2.06 bits per heavy atom. The van der Waals surface area contributed by atoms with E-state index in [9.17, 15) is 13.5 Å². The third-order valence-electron chi connectivity index (χ3n) is 2.80. The minimum Gasteiger partial charge on any atom is -0.385 e. The van der Waals surface area contributed by atoms with Crippen molar-refractivity contribution in [2.75, 3.05) is 12.0 Å². The van der Waals surface area contributed by atoms with Crippen LogP contribution in [0.15, 0.2) is 18.2 Å². The van der Waals surface area contributed by atoms with E-state index in [4.69, 9.17) is 0 Å². The van der Waals surface area contributed by atoms with Gasteiger partial charge in [0, 0.05) is 6.26 Å². The van der Waals surface area contributed by atoms with E-state index in [0.717, 1.165) is 16.7 Å². The maximum Gasteiger partial charge on any atom is 0.147 e. The van der Waals surface area contributed by atoms with Crippen LogP contribution < -0.4 is 0 Å². The molecule has 0 aliphatic rings. The van der Waals surface area contributed by atoms with Gasteiger partial charge in [0.2, 0.25) is 0 Å². The number of sulfone groups is 1. The Balaban J connectivity index is 2.96. The highest BCUT2D eigenvalue weighted by Gasteiger charge is 2.25. The SMILES string of the molecule is Cc1cc(C)cc(C(C)(O)CCS(C)(=O)=O)c1. The lowest BCUT2D eigenvalue weighted by Gasteiger charge is -2.24. The fourth-order valence-electron chi connectivity index (χ4n) is 1.81. The zero-order valence-corrected chi connectivity index (χ0v) is 11.6. The summed E-state index contributed by atoms with van der Waals surface area (Å²) in [7, 11) is -3.05. The van der Waals surface area contributed by atoms with Crippen molar-refractivity contribution in [1.82, 2.24) is 0 Å². The first-order valence-corrected chi connectivity index (χ1v) is 7.65. The fraction of sp³-hybridized carbons (Fsp3) is 0.538. The third kappa shape index (κ3) is 4.48. The van der Waals surface area contributed by atoms with Crippen LogP contribution in [0.5, 0.6) is 0 Å². The lowest BCUT2D eigenvalue weighted by atomic mass is 9.91. The Morgan fingerprint density at radius 1 is 1.18 bits per heavy atom. The van der Waals surface area contributed by atoms with Crippen LogP contribution in [0.1, 0.15) is 30.0 Å². The number of aliphatic hydroxyl groups is 1. The topological polar surface area (TPSA) is 54.4 Å². The van der Waals surface area contributed by atoms with Crippen LogP contribution in [0.2, 0.25) is 0 Å². The molecule has 0 aromatic heterocycles. The molecule has 0 aliphatic heterocycles. The first kappa shape index (κ1) is 14.2. The maximum absolute atomic E-state index is 11.1. The van der Waals surface area contributed by atoms with Gasteiger partial charge in [-0.25, -0.2) is 8.42 Å². The minimum atomic E-state index is -3.05. The van der Waals surface area contributed by atoms with Gasteiger partial charge in [0.1, 0.15) is 9.84 Å². The quantitative estimate of drug-likeness (QED) is 0.895. The average Bonchev–Trinajstić information content (AvgIpc) is 2.12. The van der Waals surface area contributed by atoms with E-state index in [2.05, 4.69) is 0 Å². The lowest BCUT2D eigenvalue weighted by Crippen LogP contribution is -2.25. The molecule has 1 N–H and O–H groups in total. The molecule has 0 bridgehead atoms. The summed E-state index contributed by atoms with van der Waals surface area (Å²) >= 11 is 0. The van der Waals surface area contributed by atoms with Crippen LogP contribution in [-0.2, 0) is 15.4 Å². The second kappa shape index (κ2) is 4.78. The summed E-state index contributed by atoms with van der Waals surface area (Å²) in [5.41, 5.74) is 1.82. The van der Waals surface area contributed by atoms with Crippen molar-refractivity contribution < 1.29 is 13.5 Å². The molecular weight excluding hydrogens is 236 g/mol. The highest BCUT2D eigenvalue weighted by Crippen LogP contribution is 2.26. The van der Waals surface area contributed by atoms with Gasteiger partial charge in [0.25, 0.3) is 0 Å².